The quantitative estimate of drug-likeness (QED) is 0.782. The molecule has 0 fully saturated rings. The highest BCUT2D eigenvalue weighted by atomic mass is 15.1. The van der Waals surface area contributed by atoms with Crippen LogP contribution in [-0.2, 0) is 13.0 Å². The molecule has 1 N–H and O–H groups in total. The SMILES string of the molecule is C=C1NCCn2c(C(C)Cc3ccc(C)cc3)nc3cccc1c32. The fourth-order valence-electron chi connectivity index (χ4n) is 3.63. The summed E-state index contributed by atoms with van der Waals surface area (Å²) in [6.07, 6.45) is 1.01. The molecule has 0 aliphatic carbocycles. The van der Waals surface area contributed by atoms with Crippen molar-refractivity contribution in [3.05, 3.63) is 71.6 Å². The Balaban J connectivity index is 1.76. The summed E-state index contributed by atoms with van der Waals surface area (Å²) < 4.78 is 2.38. The minimum atomic E-state index is 0.374. The molecule has 1 aliphatic rings. The van der Waals surface area contributed by atoms with Crippen molar-refractivity contribution in [2.75, 3.05) is 6.54 Å². The number of hydrogen-bond acceptors (Lipinski definition) is 2. The summed E-state index contributed by atoms with van der Waals surface area (Å²) in [5.74, 6) is 1.55. The van der Waals surface area contributed by atoms with E-state index >= 15 is 0 Å². The van der Waals surface area contributed by atoms with E-state index in [9.17, 15) is 0 Å². The predicted octanol–water partition coefficient (Wildman–Crippen LogP) is 4.26. The first-order valence-corrected chi connectivity index (χ1v) is 8.61. The fraction of sp³-hybridized carbons (Fsp3) is 0.286. The second-order valence-corrected chi connectivity index (χ2v) is 6.79. The second kappa shape index (κ2) is 5.82. The summed E-state index contributed by atoms with van der Waals surface area (Å²) in [4.78, 5) is 4.97. The molecule has 0 saturated carbocycles. The average Bonchev–Trinajstić information content (AvgIpc) is 2.86. The van der Waals surface area contributed by atoms with E-state index in [0.717, 1.165) is 30.7 Å². The maximum absolute atomic E-state index is 4.97. The number of aromatic nitrogens is 2. The van der Waals surface area contributed by atoms with Crippen molar-refractivity contribution >= 4 is 16.7 Å². The van der Waals surface area contributed by atoms with Crippen molar-refractivity contribution in [3.63, 3.8) is 0 Å². The van der Waals surface area contributed by atoms with E-state index in [2.05, 4.69) is 72.8 Å². The van der Waals surface area contributed by atoms with Crippen LogP contribution < -0.4 is 5.32 Å². The molecular weight excluding hydrogens is 294 g/mol. The van der Waals surface area contributed by atoms with Crippen LogP contribution in [0, 0.1) is 6.92 Å². The molecule has 0 amide bonds. The van der Waals surface area contributed by atoms with E-state index in [1.54, 1.807) is 0 Å². The van der Waals surface area contributed by atoms with E-state index < -0.39 is 0 Å². The van der Waals surface area contributed by atoms with Gasteiger partial charge in [-0.25, -0.2) is 4.98 Å². The highest BCUT2D eigenvalue weighted by molar-refractivity contribution is 5.89. The van der Waals surface area contributed by atoms with Crippen LogP contribution >= 0.6 is 0 Å². The van der Waals surface area contributed by atoms with E-state index in [-0.39, 0.29) is 0 Å². The lowest BCUT2D eigenvalue weighted by molar-refractivity contribution is 0.602. The molecule has 0 radical (unpaired) electrons. The van der Waals surface area contributed by atoms with Gasteiger partial charge in [-0.3, -0.25) is 0 Å². The van der Waals surface area contributed by atoms with Crippen molar-refractivity contribution < 1.29 is 0 Å². The number of aryl methyl sites for hydroxylation is 1. The molecule has 1 aromatic heterocycles. The van der Waals surface area contributed by atoms with Crippen LogP contribution in [0.4, 0.5) is 0 Å². The Labute approximate surface area is 143 Å². The molecule has 0 bridgehead atoms. The van der Waals surface area contributed by atoms with Gasteiger partial charge in [-0.15, -0.1) is 0 Å². The summed E-state index contributed by atoms with van der Waals surface area (Å²) in [5, 5.41) is 3.42. The van der Waals surface area contributed by atoms with Crippen molar-refractivity contribution in [1.29, 1.82) is 0 Å². The van der Waals surface area contributed by atoms with E-state index in [1.807, 2.05) is 0 Å². The summed E-state index contributed by atoms with van der Waals surface area (Å²) in [6, 6.07) is 15.1. The van der Waals surface area contributed by atoms with Gasteiger partial charge >= 0.3 is 0 Å². The Bertz CT molecular complexity index is 903. The van der Waals surface area contributed by atoms with E-state index in [0.29, 0.717) is 5.92 Å². The van der Waals surface area contributed by atoms with Gasteiger partial charge < -0.3 is 9.88 Å². The highest BCUT2D eigenvalue weighted by Crippen LogP contribution is 2.30. The third kappa shape index (κ3) is 2.50. The Kier molecular flexibility index (Phi) is 3.64. The van der Waals surface area contributed by atoms with E-state index in [1.165, 1.54) is 28.0 Å². The molecule has 122 valence electrons. The Morgan fingerprint density at radius 1 is 1.21 bits per heavy atom. The Morgan fingerprint density at radius 3 is 2.79 bits per heavy atom. The van der Waals surface area contributed by atoms with Crippen LogP contribution in [0.25, 0.3) is 16.7 Å². The minimum Gasteiger partial charge on any atom is -0.383 e. The molecule has 3 nitrogen and oxygen atoms in total. The summed E-state index contributed by atoms with van der Waals surface area (Å²) >= 11 is 0. The lowest BCUT2D eigenvalue weighted by Gasteiger charge is -2.14. The number of imidazole rings is 1. The van der Waals surface area contributed by atoms with Crippen LogP contribution in [0.15, 0.2) is 49.0 Å². The maximum Gasteiger partial charge on any atom is 0.113 e. The normalized spacial score (nSPS) is 15.2. The zero-order chi connectivity index (χ0) is 16.7. The molecule has 4 rings (SSSR count). The van der Waals surface area contributed by atoms with Crippen LogP contribution in [0.3, 0.4) is 0 Å². The van der Waals surface area contributed by atoms with Crippen molar-refractivity contribution in [3.8, 4) is 0 Å². The van der Waals surface area contributed by atoms with E-state index in [4.69, 9.17) is 4.98 Å². The smallest absolute Gasteiger partial charge is 0.113 e. The number of hydrogen-bond donors (Lipinski definition) is 1. The topological polar surface area (TPSA) is 29.9 Å². The third-order valence-corrected chi connectivity index (χ3v) is 4.90. The van der Waals surface area contributed by atoms with Gasteiger partial charge in [0.2, 0.25) is 0 Å². The molecule has 2 aromatic carbocycles. The lowest BCUT2D eigenvalue weighted by atomic mass is 9.99. The molecule has 1 atom stereocenters. The van der Waals surface area contributed by atoms with Gasteiger partial charge in [-0.2, -0.15) is 0 Å². The number of nitrogens with zero attached hydrogens (tertiary/aromatic N) is 2. The van der Waals surface area contributed by atoms with Crippen LogP contribution in [-0.4, -0.2) is 16.1 Å². The molecule has 3 aromatic rings. The number of rotatable bonds is 3. The molecule has 1 aliphatic heterocycles. The molecule has 0 saturated heterocycles. The standard InChI is InChI=1S/C21H23N3/c1-14-7-9-17(10-8-14)13-15(2)21-23-19-6-4-5-18-16(3)22-11-12-24(21)20(18)19/h4-10,15,22H,3,11-13H2,1-2H3. The molecular formula is C21H23N3. The highest BCUT2D eigenvalue weighted by Gasteiger charge is 2.21. The summed E-state index contributed by atoms with van der Waals surface area (Å²) in [7, 11) is 0. The lowest BCUT2D eigenvalue weighted by Crippen LogP contribution is -2.17. The van der Waals surface area contributed by atoms with Crippen LogP contribution in [0.2, 0.25) is 0 Å². The Hall–Kier alpha value is -2.55. The largest absolute Gasteiger partial charge is 0.383 e. The first kappa shape index (κ1) is 15.0. The van der Waals surface area contributed by atoms with Crippen LogP contribution in [0.5, 0.6) is 0 Å². The first-order valence-electron chi connectivity index (χ1n) is 8.61. The molecule has 3 heteroatoms. The van der Waals surface area contributed by atoms with Gasteiger partial charge in [-0.1, -0.05) is 55.5 Å². The first-order chi connectivity index (χ1) is 11.6. The number of nitrogens with one attached hydrogen (secondary N) is 1. The average molecular weight is 317 g/mol. The molecule has 1 unspecified atom stereocenters. The third-order valence-electron chi connectivity index (χ3n) is 4.90. The monoisotopic (exact) mass is 317 g/mol. The van der Waals surface area contributed by atoms with Crippen molar-refractivity contribution in [2.45, 2.75) is 32.7 Å². The summed E-state index contributed by atoms with van der Waals surface area (Å²) in [5.41, 5.74) is 7.13. The zero-order valence-corrected chi connectivity index (χ0v) is 14.3. The van der Waals surface area contributed by atoms with Gasteiger partial charge in [0, 0.05) is 30.3 Å². The Morgan fingerprint density at radius 2 is 2.00 bits per heavy atom. The van der Waals surface area contributed by atoms with Gasteiger partial charge in [-0.05, 0) is 25.0 Å². The maximum atomic E-state index is 4.97. The van der Waals surface area contributed by atoms with Crippen LogP contribution in [0.1, 0.15) is 35.4 Å². The van der Waals surface area contributed by atoms with Crippen molar-refractivity contribution in [1.82, 2.24) is 14.9 Å². The molecule has 24 heavy (non-hydrogen) atoms. The second-order valence-electron chi connectivity index (χ2n) is 6.79. The summed E-state index contributed by atoms with van der Waals surface area (Å²) in [6.45, 7) is 10.4. The molecule has 0 spiro atoms. The minimum absolute atomic E-state index is 0.374. The van der Waals surface area contributed by atoms with Gasteiger partial charge in [0.05, 0.1) is 11.0 Å². The number of benzene rings is 2. The van der Waals surface area contributed by atoms with Gasteiger partial charge in [0.1, 0.15) is 5.82 Å². The van der Waals surface area contributed by atoms with Gasteiger partial charge in [0.25, 0.3) is 0 Å². The van der Waals surface area contributed by atoms with Crippen molar-refractivity contribution in [2.24, 2.45) is 0 Å². The number of para-hydroxylation sites is 1. The molecule has 2 heterocycles. The van der Waals surface area contributed by atoms with Gasteiger partial charge in [0.15, 0.2) is 0 Å². The fourth-order valence-corrected chi connectivity index (χ4v) is 3.63. The zero-order valence-electron chi connectivity index (χ0n) is 14.3. The predicted molar refractivity (Wildman–Crippen MR) is 100 cm³/mol.